The van der Waals surface area contributed by atoms with Gasteiger partial charge in [-0.15, -0.1) is 0 Å². The number of carbonyl (C=O) groups is 1. The van der Waals surface area contributed by atoms with Crippen LogP contribution in [0.5, 0.6) is 0 Å². The lowest BCUT2D eigenvalue weighted by molar-refractivity contribution is -0.137. The molecular weight excluding hydrogens is 488 g/mol. The number of benzene rings is 2. The minimum atomic E-state index is -4.57. The van der Waals surface area contributed by atoms with E-state index in [2.05, 4.69) is 20.3 Å². The topological polar surface area (TPSA) is 98.7 Å². The van der Waals surface area contributed by atoms with Crippen molar-refractivity contribution in [3.63, 3.8) is 0 Å². The quantitative estimate of drug-likeness (QED) is 0.321. The maximum atomic E-state index is 13.4. The Morgan fingerprint density at radius 3 is 2.49 bits per heavy atom. The molecule has 7 nitrogen and oxygen atoms in total. The van der Waals surface area contributed by atoms with Crippen LogP contribution in [0.25, 0.3) is 28.2 Å². The number of amides is 1. The Morgan fingerprint density at radius 1 is 1.00 bits per heavy atom. The first-order valence-electron chi connectivity index (χ1n) is 11.0. The zero-order valence-electron chi connectivity index (χ0n) is 19.0. The SMILES string of the molecule is Nc1ncccc1-c1nc2cc(C(F)(F)F)cnc2n1-c1ccc(CNC(=O)c2cccc(F)c2)cc1. The summed E-state index contributed by atoms with van der Waals surface area (Å²) in [5, 5.41) is 2.72. The van der Waals surface area contributed by atoms with Crippen LogP contribution in [0.2, 0.25) is 0 Å². The zero-order chi connectivity index (χ0) is 26.2. The van der Waals surface area contributed by atoms with Crippen LogP contribution in [0, 0.1) is 5.82 Å². The number of fused-ring (bicyclic) bond motifs is 1. The third-order valence-corrected chi connectivity index (χ3v) is 5.64. The molecular formula is C26H18F4N6O. The largest absolute Gasteiger partial charge is 0.417 e. The first kappa shape index (κ1) is 23.9. The highest BCUT2D eigenvalue weighted by molar-refractivity contribution is 5.94. The molecule has 0 atom stereocenters. The van der Waals surface area contributed by atoms with E-state index in [0.717, 1.165) is 23.9 Å². The van der Waals surface area contributed by atoms with Gasteiger partial charge in [-0.2, -0.15) is 13.2 Å². The van der Waals surface area contributed by atoms with Gasteiger partial charge in [-0.3, -0.25) is 9.36 Å². The number of rotatable bonds is 5. The lowest BCUT2D eigenvalue weighted by Crippen LogP contribution is -2.22. The number of hydrogen-bond donors (Lipinski definition) is 2. The molecule has 0 aliphatic carbocycles. The number of nitrogen functional groups attached to an aromatic ring is 1. The summed E-state index contributed by atoms with van der Waals surface area (Å²) < 4.78 is 54.8. The molecule has 0 aliphatic heterocycles. The number of pyridine rings is 2. The van der Waals surface area contributed by atoms with Gasteiger partial charge in [0, 0.05) is 30.2 Å². The van der Waals surface area contributed by atoms with Gasteiger partial charge in [0.2, 0.25) is 0 Å². The number of nitrogens with one attached hydrogen (secondary N) is 1. The maximum absolute atomic E-state index is 13.4. The Morgan fingerprint density at radius 2 is 1.78 bits per heavy atom. The van der Waals surface area contributed by atoms with Crippen LogP contribution in [0.4, 0.5) is 23.4 Å². The lowest BCUT2D eigenvalue weighted by Gasteiger charge is -2.12. The zero-order valence-corrected chi connectivity index (χ0v) is 19.0. The van der Waals surface area contributed by atoms with Crippen molar-refractivity contribution in [3.8, 4) is 17.1 Å². The summed E-state index contributed by atoms with van der Waals surface area (Å²) in [6, 6.07) is 16.5. The molecule has 0 radical (unpaired) electrons. The molecule has 2 aromatic carbocycles. The number of hydrogen-bond acceptors (Lipinski definition) is 5. The van der Waals surface area contributed by atoms with Gasteiger partial charge in [0.05, 0.1) is 11.1 Å². The summed E-state index contributed by atoms with van der Waals surface area (Å²) in [7, 11) is 0. The number of nitrogens with two attached hydrogens (primary N) is 1. The molecule has 3 N–H and O–H groups in total. The molecule has 3 heterocycles. The monoisotopic (exact) mass is 506 g/mol. The van der Waals surface area contributed by atoms with E-state index in [-0.39, 0.29) is 34.9 Å². The molecule has 37 heavy (non-hydrogen) atoms. The summed E-state index contributed by atoms with van der Waals surface area (Å²) in [5.41, 5.74) is 7.31. The van der Waals surface area contributed by atoms with E-state index in [1.807, 2.05) is 0 Å². The Hall–Kier alpha value is -4.80. The van der Waals surface area contributed by atoms with Crippen molar-refractivity contribution in [3.05, 3.63) is 102 Å². The fourth-order valence-electron chi connectivity index (χ4n) is 3.83. The highest BCUT2D eigenvalue weighted by Gasteiger charge is 2.32. The molecule has 0 saturated carbocycles. The number of nitrogens with zero attached hydrogens (tertiary/aromatic N) is 4. The van der Waals surface area contributed by atoms with Gasteiger partial charge in [0.25, 0.3) is 5.91 Å². The van der Waals surface area contributed by atoms with Crippen molar-refractivity contribution in [2.75, 3.05) is 5.73 Å². The van der Waals surface area contributed by atoms with E-state index >= 15 is 0 Å². The predicted molar refractivity (Wildman–Crippen MR) is 129 cm³/mol. The van der Waals surface area contributed by atoms with E-state index in [0.29, 0.717) is 11.3 Å². The van der Waals surface area contributed by atoms with Crippen molar-refractivity contribution < 1.29 is 22.4 Å². The summed E-state index contributed by atoms with van der Waals surface area (Å²) in [6.45, 7) is 0.176. The van der Waals surface area contributed by atoms with Crippen LogP contribution in [0.15, 0.2) is 79.1 Å². The van der Waals surface area contributed by atoms with Gasteiger partial charge in [-0.05, 0) is 54.1 Å². The molecule has 0 fully saturated rings. The molecule has 5 aromatic rings. The third kappa shape index (κ3) is 4.83. The van der Waals surface area contributed by atoms with Gasteiger partial charge in [-0.25, -0.2) is 19.3 Å². The van der Waals surface area contributed by atoms with E-state index in [1.165, 1.54) is 24.4 Å². The average molecular weight is 506 g/mol. The molecule has 5 rings (SSSR count). The minimum absolute atomic E-state index is 0.0412. The van der Waals surface area contributed by atoms with Gasteiger partial charge in [0.1, 0.15) is 17.2 Å². The lowest BCUT2D eigenvalue weighted by atomic mass is 10.1. The van der Waals surface area contributed by atoms with Gasteiger partial charge in [-0.1, -0.05) is 18.2 Å². The number of aromatic nitrogens is 4. The molecule has 3 aromatic heterocycles. The van der Waals surface area contributed by atoms with Crippen LogP contribution in [0.3, 0.4) is 0 Å². The summed E-state index contributed by atoms with van der Waals surface area (Å²) in [5.74, 6) is -0.500. The Bertz CT molecular complexity index is 1610. The molecule has 0 spiro atoms. The average Bonchev–Trinajstić information content (AvgIpc) is 3.26. The summed E-state index contributed by atoms with van der Waals surface area (Å²) >= 11 is 0. The molecule has 0 saturated heterocycles. The van der Waals surface area contributed by atoms with Crippen molar-refractivity contribution in [2.45, 2.75) is 12.7 Å². The highest BCUT2D eigenvalue weighted by atomic mass is 19.4. The van der Waals surface area contributed by atoms with Gasteiger partial charge in [0.15, 0.2) is 11.5 Å². The standard InChI is InChI=1S/C26H18F4N6O/c27-18-4-1-3-16(11-18)25(37)34-13-15-6-8-19(9-7-15)36-23(20-5-2-10-32-22(20)31)35-21-12-17(26(28,29)30)14-33-24(21)36/h1-12,14H,13H2,(H2,31,32)(H,34,37). The van der Waals surface area contributed by atoms with Crippen molar-refractivity contribution >= 4 is 22.9 Å². The first-order chi connectivity index (χ1) is 17.7. The molecule has 1 amide bonds. The normalized spacial score (nSPS) is 11.6. The summed E-state index contributed by atoms with van der Waals surface area (Å²) in [6.07, 6.45) is -2.32. The van der Waals surface area contributed by atoms with Crippen LogP contribution in [-0.2, 0) is 12.7 Å². The van der Waals surface area contributed by atoms with Crippen molar-refractivity contribution in [1.82, 2.24) is 24.8 Å². The molecule has 0 aliphatic rings. The van der Waals surface area contributed by atoms with Crippen molar-refractivity contribution in [2.24, 2.45) is 0 Å². The number of alkyl halides is 3. The maximum Gasteiger partial charge on any atom is 0.417 e. The second kappa shape index (κ2) is 9.34. The second-order valence-electron chi connectivity index (χ2n) is 8.13. The molecule has 11 heteroatoms. The Labute approximate surface area is 207 Å². The van der Waals surface area contributed by atoms with Crippen LogP contribution >= 0.6 is 0 Å². The number of imidazole rings is 1. The first-order valence-corrected chi connectivity index (χ1v) is 11.0. The van der Waals surface area contributed by atoms with Crippen LogP contribution < -0.4 is 11.1 Å². The van der Waals surface area contributed by atoms with E-state index in [9.17, 15) is 22.4 Å². The molecule has 0 bridgehead atoms. The van der Waals surface area contributed by atoms with E-state index in [1.54, 1.807) is 41.0 Å². The second-order valence-corrected chi connectivity index (χ2v) is 8.13. The fourth-order valence-corrected chi connectivity index (χ4v) is 3.83. The number of anilines is 1. The number of carbonyl (C=O) groups excluding carboxylic acids is 1. The smallest absolute Gasteiger partial charge is 0.383 e. The van der Waals surface area contributed by atoms with Crippen LogP contribution in [0.1, 0.15) is 21.5 Å². The van der Waals surface area contributed by atoms with E-state index < -0.39 is 23.5 Å². The highest BCUT2D eigenvalue weighted by Crippen LogP contribution is 2.34. The van der Waals surface area contributed by atoms with Gasteiger partial charge >= 0.3 is 6.18 Å². The minimum Gasteiger partial charge on any atom is -0.383 e. The van der Waals surface area contributed by atoms with Crippen LogP contribution in [-0.4, -0.2) is 25.4 Å². The molecule has 0 unspecified atom stereocenters. The fraction of sp³-hybridized carbons (Fsp3) is 0.0769. The predicted octanol–water partition coefficient (Wildman–Crippen LogP) is 5.15. The third-order valence-electron chi connectivity index (χ3n) is 5.64. The van der Waals surface area contributed by atoms with E-state index in [4.69, 9.17) is 5.73 Å². The Balaban J connectivity index is 1.50. The summed E-state index contributed by atoms with van der Waals surface area (Å²) in [4.78, 5) is 24.8. The van der Waals surface area contributed by atoms with Gasteiger partial charge < -0.3 is 11.1 Å². The molecule has 186 valence electrons. The number of halogens is 4. The Kier molecular flexibility index (Phi) is 6.04. The van der Waals surface area contributed by atoms with Crippen molar-refractivity contribution in [1.29, 1.82) is 0 Å².